The summed E-state index contributed by atoms with van der Waals surface area (Å²) in [6.45, 7) is 0.370. The fourth-order valence-corrected chi connectivity index (χ4v) is 1.61. The zero-order valence-electron chi connectivity index (χ0n) is 10.2. The van der Waals surface area contributed by atoms with Gasteiger partial charge in [-0.1, -0.05) is 12.1 Å². The van der Waals surface area contributed by atoms with Gasteiger partial charge in [0.1, 0.15) is 5.75 Å². The second-order valence-electron chi connectivity index (χ2n) is 3.96. The monoisotopic (exact) mass is 267 g/mol. The Bertz CT molecular complexity index is 546. The van der Waals surface area contributed by atoms with E-state index >= 15 is 0 Å². The molecule has 0 unspecified atom stereocenters. The summed E-state index contributed by atoms with van der Waals surface area (Å²) >= 11 is 0. The van der Waals surface area contributed by atoms with E-state index in [2.05, 4.69) is 5.32 Å². The van der Waals surface area contributed by atoms with Gasteiger partial charge in [0.2, 0.25) is 0 Å². The number of rotatable bonds is 4. The normalized spacial score (nSPS) is 10.3. The molecule has 0 aliphatic heterocycles. The Morgan fingerprint density at radius 1 is 1.00 bits per heavy atom. The standard InChI is InChI=1S/C14H12F3NO/c1-19-11-4-2-9(3-5-11)8-18-10-6-12(15)14(17)13(16)7-10/h2-7,18H,8H2,1H3. The van der Waals surface area contributed by atoms with Gasteiger partial charge in [-0.3, -0.25) is 0 Å². The highest BCUT2D eigenvalue weighted by Gasteiger charge is 2.10. The maximum absolute atomic E-state index is 13.0. The molecule has 2 aromatic rings. The fraction of sp³-hybridized carbons (Fsp3) is 0.143. The average molecular weight is 267 g/mol. The minimum absolute atomic E-state index is 0.187. The number of anilines is 1. The van der Waals surface area contributed by atoms with Crippen LogP contribution in [0.3, 0.4) is 0 Å². The van der Waals surface area contributed by atoms with Crippen molar-refractivity contribution >= 4 is 5.69 Å². The zero-order valence-corrected chi connectivity index (χ0v) is 10.2. The molecule has 100 valence electrons. The molecular weight excluding hydrogens is 255 g/mol. The van der Waals surface area contributed by atoms with E-state index in [-0.39, 0.29) is 5.69 Å². The molecule has 0 aromatic heterocycles. The lowest BCUT2D eigenvalue weighted by Crippen LogP contribution is -2.02. The van der Waals surface area contributed by atoms with Gasteiger partial charge in [-0.15, -0.1) is 0 Å². The Kier molecular flexibility index (Phi) is 3.94. The molecule has 0 saturated carbocycles. The molecule has 0 heterocycles. The quantitative estimate of drug-likeness (QED) is 0.852. The first-order valence-electron chi connectivity index (χ1n) is 5.61. The first kappa shape index (κ1) is 13.3. The Hall–Kier alpha value is -2.17. The smallest absolute Gasteiger partial charge is 0.194 e. The molecule has 19 heavy (non-hydrogen) atoms. The Morgan fingerprint density at radius 2 is 1.58 bits per heavy atom. The minimum Gasteiger partial charge on any atom is -0.497 e. The number of halogens is 3. The van der Waals surface area contributed by atoms with Crippen LogP contribution in [0.4, 0.5) is 18.9 Å². The Morgan fingerprint density at radius 3 is 2.11 bits per heavy atom. The van der Waals surface area contributed by atoms with Crippen molar-refractivity contribution in [3.05, 3.63) is 59.4 Å². The predicted octanol–water partition coefficient (Wildman–Crippen LogP) is 3.72. The van der Waals surface area contributed by atoms with Crippen molar-refractivity contribution in [2.45, 2.75) is 6.54 Å². The number of nitrogens with one attached hydrogen (secondary N) is 1. The number of methoxy groups -OCH3 is 1. The molecule has 0 fully saturated rings. The minimum atomic E-state index is -1.46. The molecule has 0 atom stereocenters. The highest BCUT2D eigenvalue weighted by molar-refractivity contribution is 5.45. The molecule has 0 saturated heterocycles. The van der Waals surface area contributed by atoms with E-state index < -0.39 is 17.5 Å². The van der Waals surface area contributed by atoms with Crippen LogP contribution in [0.2, 0.25) is 0 Å². The number of ether oxygens (including phenoxy) is 1. The van der Waals surface area contributed by atoms with Crippen molar-refractivity contribution in [1.82, 2.24) is 0 Å². The van der Waals surface area contributed by atoms with Crippen molar-refractivity contribution in [2.75, 3.05) is 12.4 Å². The predicted molar refractivity (Wildman–Crippen MR) is 66.6 cm³/mol. The first-order valence-corrected chi connectivity index (χ1v) is 5.61. The van der Waals surface area contributed by atoms with Crippen LogP contribution in [0.15, 0.2) is 36.4 Å². The summed E-state index contributed by atoms with van der Waals surface area (Å²) < 4.78 is 43.8. The van der Waals surface area contributed by atoms with Crippen LogP contribution in [0, 0.1) is 17.5 Å². The molecular formula is C14H12F3NO. The topological polar surface area (TPSA) is 21.3 Å². The summed E-state index contributed by atoms with van der Waals surface area (Å²) in [4.78, 5) is 0. The summed E-state index contributed by atoms with van der Waals surface area (Å²) in [5.41, 5.74) is 1.10. The van der Waals surface area contributed by atoms with E-state index in [4.69, 9.17) is 4.74 Å². The van der Waals surface area contributed by atoms with Crippen molar-refractivity contribution in [3.8, 4) is 5.75 Å². The van der Waals surface area contributed by atoms with Crippen LogP contribution in [-0.4, -0.2) is 7.11 Å². The largest absolute Gasteiger partial charge is 0.497 e. The van der Waals surface area contributed by atoms with E-state index in [1.54, 1.807) is 19.2 Å². The average Bonchev–Trinajstić information content (AvgIpc) is 2.43. The molecule has 1 N–H and O–H groups in total. The molecule has 2 rings (SSSR count). The molecule has 0 aliphatic carbocycles. The molecule has 0 radical (unpaired) electrons. The number of hydrogen-bond acceptors (Lipinski definition) is 2. The van der Waals surface area contributed by atoms with Crippen LogP contribution in [0.1, 0.15) is 5.56 Å². The van der Waals surface area contributed by atoms with Crippen molar-refractivity contribution in [3.63, 3.8) is 0 Å². The van der Waals surface area contributed by atoms with Gasteiger partial charge in [0.15, 0.2) is 17.5 Å². The first-order chi connectivity index (χ1) is 9.10. The maximum atomic E-state index is 13.0. The third-order valence-electron chi connectivity index (χ3n) is 2.64. The van der Waals surface area contributed by atoms with E-state index in [0.29, 0.717) is 6.54 Å². The molecule has 5 heteroatoms. The fourth-order valence-electron chi connectivity index (χ4n) is 1.61. The van der Waals surface area contributed by atoms with Crippen LogP contribution >= 0.6 is 0 Å². The lowest BCUT2D eigenvalue weighted by molar-refractivity contribution is 0.414. The van der Waals surface area contributed by atoms with E-state index in [9.17, 15) is 13.2 Å². The van der Waals surface area contributed by atoms with Gasteiger partial charge in [-0.2, -0.15) is 0 Å². The van der Waals surface area contributed by atoms with Gasteiger partial charge in [0.05, 0.1) is 7.11 Å². The van der Waals surface area contributed by atoms with Gasteiger partial charge >= 0.3 is 0 Å². The van der Waals surface area contributed by atoms with E-state index in [1.165, 1.54) is 0 Å². The van der Waals surface area contributed by atoms with Crippen LogP contribution in [0.5, 0.6) is 5.75 Å². The summed E-state index contributed by atoms with van der Waals surface area (Å²) in [6, 6.07) is 9.04. The Labute approximate surface area is 108 Å². The SMILES string of the molecule is COc1ccc(CNc2cc(F)c(F)c(F)c2)cc1. The molecule has 2 aromatic carbocycles. The van der Waals surface area contributed by atoms with Gasteiger partial charge in [-0.25, -0.2) is 13.2 Å². The van der Waals surface area contributed by atoms with Crippen LogP contribution in [0.25, 0.3) is 0 Å². The van der Waals surface area contributed by atoms with Crippen molar-refractivity contribution in [1.29, 1.82) is 0 Å². The van der Waals surface area contributed by atoms with Gasteiger partial charge in [0, 0.05) is 24.4 Å². The summed E-state index contributed by atoms with van der Waals surface area (Å²) in [5, 5.41) is 2.82. The van der Waals surface area contributed by atoms with Crippen molar-refractivity contribution in [2.24, 2.45) is 0 Å². The molecule has 0 spiro atoms. The van der Waals surface area contributed by atoms with Gasteiger partial charge in [-0.05, 0) is 17.7 Å². The van der Waals surface area contributed by atoms with Gasteiger partial charge < -0.3 is 10.1 Å². The lowest BCUT2D eigenvalue weighted by Gasteiger charge is -2.08. The molecule has 2 nitrogen and oxygen atoms in total. The number of hydrogen-bond donors (Lipinski definition) is 1. The maximum Gasteiger partial charge on any atom is 0.194 e. The summed E-state index contributed by atoms with van der Waals surface area (Å²) in [6.07, 6.45) is 0. The molecule has 0 bridgehead atoms. The van der Waals surface area contributed by atoms with Gasteiger partial charge in [0.25, 0.3) is 0 Å². The second kappa shape index (κ2) is 5.65. The van der Waals surface area contributed by atoms with Crippen LogP contribution in [-0.2, 0) is 6.54 Å². The molecule has 0 aliphatic rings. The summed E-state index contributed by atoms with van der Waals surface area (Å²) in [7, 11) is 1.57. The van der Waals surface area contributed by atoms with E-state index in [0.717, 1.165) is 23.4 Å². The third-order valence-corrected chi connectivity index (χ3v) is 2.64. The third kappa shape index (κ3) is 3.19. The molecule has 0 amide bonds. The van der Waals surface area contributed by atoms with E-state index in [1.807, 2.05) is 12.1 Å². The highest BCUT2D eigenvalue weighted by atomic mass is 19.2. The Balaban J connectivity index is 2.05. The summed E-state index contributed by atoms with van der Waals surface area (Å²) in [5.74, 6) is -3.16. The lowest BCUT2D eigenvalue weighted by atomic mass is 10.2. The number of benzene rings is 2. The highest BCUT2D eigenvalue weighted by Crippen LogP contribution is 2.18. The van der Waals surface area contributed by atoms with Crippen molar-refractivity contribution < 1.29 is 17.9 Å². The zero-order chi connectivity index (χ0) is 13.8. The second-order valence-corrected chi connectivity index (χ2v) is 3.96. The van der Waals surface area contributed by atoms with Crippen LogP contribution < -0.4 is 10.1 Å².